The summed E-state index contributed by atoms with van der Waals surface area (Å²) in [7, 11) is 0. The maximum absolute atomic E-state index is 14.1. The number of H-pyrrole nitrogens is 1. The lowest BCUT2D eigenvalue weighted by Crippen LogP contribution is -2.53. The van der Waals surface area contributed by atoms with Crippen LogP contribution in [0.25, 0.3) is 11.0 Å². The number of ether oxygens (including phenoxy) is 1. The van der Waals surface area contributed by atoms with Gasteiger partial charge in [0.15, 0.2) is 11.0 Å². The van der Waals surface area contributed by atoms with Gasteiger partial charge in [0.25, 0.3) is 0 Å². The third-order valence-corrected chi connectivity index (χ3v) is 7.36. The number of amides is 2. The summed E-state index contributed by atoms with van der Waals surface area (Å²) in [5.41, 5.74) is 1.40. The van der Waals surface area contributed by atoms with Crippen LogP contribution in [-0.4, -0.2) is 59.5 Å². The number of nitrogens with one attached hydrogen (secondary N) is 3. The van der Waals surface area contributed by atoms with Crippen molar-refractivity contribution in [2.75, 3.05) is 10.6 Å². The fraction of sp³-hybridized carbons (Fsp3) is 0.400. The highest BCUT2D eigenvalue weighted by Crippen LogP contribution is 2.31. The maximum atomic E-state index is 14.1. The van der Waals surface area contributed by atoms with Crippen LogP contribution in [0.2, 0.25) is 5.15 Å². The summed E-state index contributed by atoms with van der Waals surface area (Å²) in [6.45, 7) is 5.45. The molecule has 1 aromatic carbocycles. The van der Waals surface area contributed by atoms with Crippen LogP contribution < -0.4 is 10.6 Å². The van der Waals surface area contributed by atoms with Gasteiger partial charge in [-0.05, 0) is 64.3 Å². The van der Waals surface area contributed by atoms with Crippen molar-refractivity contribution < 1.29 is 18.7 Å². The largest absolute Gasteiger partial charge is 0.444 e. The number of benzene rings is 1. The highest BCUT2D eigenvalue weighted by atomic mass is 35.5. The summed E-state index contributed by atoms with van der Waals surface area (Å²) in [6.07, 6.45) is 4.91. The Morgan fingerprint density at radius 3 is 2.67 bits per heavy atom. The number of piperidine rings is 1. The van der Waals surface area contributed by atoms with Crippen LogP contribution in [0.15, 0.2) is 48.9 Å². The first-order valence-electron chi connectivity index (χ1n) is 14.2. The van der Waals surface area contributed by atoms with Crippen molar-refractivity contribution in [3.63, 3.8) is 0 Å². The molecule has 2 unspecified atom stereocenters. The zero-order chi connectivity index (χ0) is 30.6. The number of carbonyl (C=O) groups is 2. The molecule has 0 saturated carbocycles. The number of aromatic amines is 1. The van der Waals surface area contributed by atoms with E-state index < -0.39 is 23.6 Å². The number of fused-ring (bicyclic) bond motifs is 1. The highest BCUT2D eigenvalue weighted by molar-refractivity contribution is 6.33. The van der Waals surface area contributed by atoms with Gasteiger partial charge in [-0.1, -0.05) is 23.7 Å². The number of aromatic nitrogens is 5. The minimum Gasteiger partial charge on any atom is -0.444 e. The van der Waals surface area contributed by atoms with Gasteiger partial charge in [0.05, 0.1) is 23.3 Å². The number of halogens is 2. The van der Waals surface area contributed by atoms with E-state index in [9.17, 15) is 14.0 Å². The smallest absolute Gasteiger partial charge is 0.410 e. The van der Waals surface area contributed by atoms with Crippen LogP contribution in [0.1, 0.15) is 58.0 Å². The molecular formula is C30H34ClFN8O3. The summed E-state index contributed by atoms with van der Waals surface area (Å²) in [5.74, 6) is 0.121. The lowest BCUT2D eigenvalue weighted by molar-refractivity contribution is -0.117. The SMILES string of the molecule is CC(C)(C)OC(=O)N1C(CC(=O)Nc2c(Cl)ncnc2NCc2ncccc2F)CCCC1Cc1nc2ccccc2[nH]1. The standard InChI is InChI=1S/C30H34ClFN8O3/c1-30(2,3)43-29(42)40-18(14-24-37-21-11-4-5-12-22(21)38-24)8-6-9-19(40)15-25(41)39-26-27(31)35-17-36-28(26)34-16-23-20(32)10-7-13-33-23/h4-5,7,10-13,17-19H,6,8-9,14-16H2,1-3H3,(H,37,38)(H,39,41)(H,34,35,36). The Balaban J connectivity index is 1.33. The first-order valence-corrected chi connectivity index (χ1v) is 14.5. The van der Waals surface area contributed by atoms with Gasteiger partial charge in [0.1, 0.15) is 29.3 Å². The van der Waals surface area contributed by atoms with Crippen molar-refractivity contribution in [2.24, 2.45) is 0 Å². The maximum Gasteiger partial charge on any atom is 0.410 e. The number of anilines is 2. The summed E-state index contributed by atoms with van der Waals surface area (Å²) in [5, 5.41) is 5.78. The van der Waals surface area contributed by atoms with Gasteiger partial charge in [-0.25, -0.2) is 24.1 Å². The third-order valence-electron chi connectivity index (χ3n) is 7.08. The second-order valence-electron chi connectivity index (χ2n) is 11.5. The molecule has 1 aliphatic rings. The topological polar surface area (TPSA) is 138 Å². The van der Waals surface area contributed by atoms with E-state index in [1.165, 1.54) is 24.7 Å². The molecule has 226 valence electrons. The van der Waals surface area contributed by atoms with Crippen LogP contribution >= 0.6 is 11.6 Å². The van der Waals surface area contributed by atoms with Gasteiger partial charge < -0.3 is 25.3 Å². The number of imidazole rings is 1. The van der Waals surface area contributed by atoms with E-state index in [2.05, 4.69) is 30.6 Å². The number of para-hydroxylation sites is 2. The van der Waals surface area contributed by atoms with E-state index in [0.717, 1.165) is 29.7 Å². The molecule has 3 aromatic heterocycles. The normalized spacial score (nSPS) is 17.1. The second-order valence-corrected chi connectivity index (χ2v) is 11.8. The van der Waals surface area contributed by atoms with Crippen molar-refractivity contribution in [3.8, 4) is 0 Å². The van der Waals surface area contributed by atoms with Crippen LogP contribution in [-0.2, 0) is 22.5 Å². The number of hydrogen-bond donors (Lipinski definition) is 3. The van der Waals surface area contributed by atoms with Crippen molar-refractivity contribution in [1.29, 1.82) is 0 Å². The molecule has 0 aliphatic carbocycles. The average Bonchev–Trinajstić information content (AvgIpc) is 3.35. The quantitative estimate of drug-likeness (QED) is 0.211. The Morgan fingerprint density at radius 2 is 1.91 bits per heavy atom. The molecule has 2 atom stereocenters. The molecule has 0 bridgehead atoms. The number of likely N-dealkylation sites (tertiary alicyclic amines) is 1. The van der Waals surface area contributed by atoms with E-state index in [0.29, 0.717) is 12.8 Å². The molecule has 11 nitrogen and oxygen atoms in total. The number of carbonyl (C=O) groups excluding carboxylic acids is 2. The molecule has 4 aromatic rings. The van der Waals surface area contributed by atoms with Gasteiger partial charge in [0.2, 0.25) is 5.91 Å². The van der Waals surface area contributed by atoms with Crippen LogP contribution in [0.3, 0.4) is 0 Å². The van der Waals surface area contributed by atoms with Crippen molar-refractivity contribution in [2.45, 2.75) is 77.1 Å². The van der Waals surface area contributed by atoms with Crippen molar-refractivity contribution in [1.82, 2.24) is 29.8 Å². The van der Waals surface area contributed by atoms with Gasteiger partial charge >= 0.3 is 6.09 Å². The number of nitrogens with zero attached hydrogens (tertiary/aromatic N) is 5. The predicted octanol–water partition coefficient (Wildman–Crippen LogP) is 5.88. The first-order chi connectivity index (χ1) is 20.6. The number of pyridine rings is 1. The lowest BCUT2D eigenvalue weighted by atomic mass is 9.91. The molecule has 1 aliphatic heterocycles. The summed E-state index contributed by atoms with van der Waals surface area (Å²) in [6, 6.07) is 9.91. The summed E-state index contributed by atoms with van der Waals surface area (Å²) >= 11 is 6.34. The summed E-state index contributed by atoms with van der Waals surface area (Å²) < 4.78 is 19.9. The molecule has 4 heterocycles. The Bertz CT molecular complexity index is 1570. The van der Waals surface area contributed by atoms with E-state index in [4.69, 9.17) is 21.3 Å². The van der Waals surface area contributed by atoms with Gasteiger partial charge in [-0.15, -0.1) is 0 Å². The molecule has 43 heavy (non-hydrogen) atoms. The van der Waals surface area contributed by atoms with Crippen LogP contribution in [0, 0.1) is 5.82 Å². The summed E-state index contributed by atoms with van der Waals surface area (Å²) in [4.78, 5) is 48.9. The molecular weight excluding hydrogens is 575 g/mol. The average molecular weight is 609 g/mol. The van der Waals surface area contributed by atoms with E-state index in [1.54, 1.807) is 4.90 Å². The predicted molar refractivity (Wildman–Crippen MR) is 161 cm³/mol. The highest BCUT2D eigenvalue weighted by Gasteiger charge is 2.38. The van der Waals surface area contributed by atoms with Crippen molar-refractivity contribution >= 4 is 46.1 Å². The molecule has 2 amide bonds. The minimum atomic E-state index is -0.714. The lowest BCUT2D eigenvalue weighted by Gasteiger charge is -2.42. The number of rotatable bonds is 8. The molecule has 0 spiro atoms. The third kappa shape index (κ3) is 7.56. The first kappa shape index (κ1) is 30.1. The minimum absolute atomic E-state index is 0.00456. The Hall–Kier alpha value is -4.32. The van der Waals surface area contributed by atoms with Gasteiger partial charge in [-0.2, -0.15) is 0 Å². The fourth-order valence-corrected chi connectivity index (χ4v) is 5.41. The van der Waals surface area contributed by atoms with Crippen LogP contribution in [0.4, 0.5) is 20.7 Å². The molecule has 1 saturated heterocycles. The zero-order valence-corrected chi connectivity index (χ0v) is 25.0. The zero-order valence-electron chi connectivity index (χ0n) is 24.2. The second kappa shape index (κ2) is 12.9. The van der Waals surface area contributed by atoms with E-state index >= 15 is 0 Å². The van der Waals surface area contributed by atoms with Gasteiger partial charge in [0, 0.05) is 31.1 Å². The number of hydrogen-bond acceptors (Lipinski definition) is 8. The van der Waals surface area contributed by atoms with E-state index in [1.807, 2.05) is 45.0 Å². The van der Waals surface area contributed by atoms with E-state index in [-0.39, 0.29) is 47.3 Å². The molecule has 1 fully saturated rings. The molecule has 5 rings (SSSR count). The van der Waals surface area contributed by atoms with Crippen LogP contribution in [0.5, 0.6) is 0 Å². The Kier molecular flexibility index (Phi) is 9.05. The molecule has 3 N–H and O–H groups in total. The molecule has 13 heteroatoms. The fourth-order valence-electron chi connectivity index (χ4n) is 5.23. The molecule has 0 radical (unpaired) electrons. The Labute approximate surface area is 253 Å². The van der Waals surface area contributed by atoms with Crippen molar-refractivity contribution in [3.05, 3.63) is 71.4 Å². The Morgan fingerprint density at radius 1 is 1.12 bits per heavy atom. The monoisotopic (exact) mass is 608 g/mol. The van der Waals surface area contributed by atoms with Gasteiger partial charge in [-0.3, -0.25) is 9.78 Å².